The van der Waals surface area contributed by atoms with Crippen molar-refractivity contribution in [3.8, 4) is 11.5 Å². The Kier molecular flexibility index (Phi) is 2.77. The average Bonchev–Trinajstić information content (AvgIpc) is 2.65. The number of halogens is 1. The highest BCUT2D eigenvalue weighted by Gasteiger charge is 2.20. The molecule has 1 unspecified atom stereocenters. The molecule has 1 aliphatic rings. The summed E-state index contributed by atoms with van der Waals surface area (Å²) in [5, 5.41) is 8.89. The fourth-order valence-corrected chi connectivity index (χ4v) is 1.64. The summed E-state index contributed by atoms with van der Waals surface area (Å²) >= 11 is 0. The topological polar surface area (TPSA) is 38.7 Å². The smallest absolute Gasteiger partial charge is 0.231 e. The van der Waals surface area contributed by atoms with Crippen LogP contribution in [0.15, 0.2) is 12.1 Å². The molecule has 0 saturated carbocycles. The summed E-state index contributed by atoms with van der Waals surface area (Å²) < 4.78 is 23.6. The molecule has 1 aliphatic heterocycles. The van der Waals surface area contributed by atoms with E-state index in [1.165, 1.54) is 6.92 Å². The summed E-state index contributed by atoms with van der Waals surface area (Å²) in [5.41, 5.74) is 1.36. The van der Waals surface area contributed by atoms with Gasteiger partial charge >= 0.3 is 0 Å². The third-order valence-corrected chi connectivity index (χ3v) is 2.41. The quantitative estimate of drug-likeness (QED) is 0.832. The molecule has 4 heteroatoms. The van der Waals surface area contributed by atoms with Gasteiger partial charge in [-0.15, -0.1) is 0 Å². The molecular weight excluding hydrogens is 199 g/mol. The van der Waals surface area contributed by atoms with E-state index in [9.17, 15) is 4.39 Å². The van der Waals surface area contributed by atoms with Gasteiger partial charge in [-0.2, -0.15) is 0 Å². The number of rotatable bonds is 3. The van der Waals surface area contributed by atoms with Crippen LogP contribution in [0.1, 0.15) is 24.2 Å². The third-order valence-electron chi connectivity index (χ3n) is 2.41. The molecule has 15 heavy (non-hydrogen) atoms. The molecule has 0 aliphatic carbocycles. The zero-order valence-electron chi connectivity index (χ0n) is 8.50. The van der Waals surface area contributed by atoms with Crippen LogP contribution in [0.2, 0.25) is 0 Å². The van der Waals surface area contributed by atoms with Crippen molar-refractivity contribution >= 4 is 0 Å². The predicted molar refractivity (Wildman–Crippen MR) is 52.9 cm³/mol. The monoisotopic (exact) mass is 212 g/mol. The number of hydrogen-bond donors (Lipinski definition) is 1. The molecule has 0 bridgehead atoms. The molecule has 1 N–H and O–H groups in total. The number of aliphatic hydroxyl groups is 1. The van der Waals surface area contributed by atoms with Crippen LogP contribution in [0.4, 0.5) is 4.39 Å². The summed E-state index contributed by atoms with van der Waals surface area (Å²) in [4.78, 5) is 0. The van der Waals surface area contributed by atoms with Gasteiger partial charge in [-0.25, -0.2) is 4.39 Å². The SMILES string of the molecule is CC(F)c1cc(CCO)c2c(c1)OCO2. The van der Waals surface area contributed by atoms with Crippen molar-refractivity contribution in [3.05, 3.63) is 23.3 Å². The minimum atomic E-state index is -1.04. The molecule has 82 valence electrons. The number of fused-ring (bicyclic) bond motifs is 1. The zero-order chi connectivity index (χ0) is 10.8. The lowest BCUT2D eigenvalue weighted by atomic mass is 10.0. The number of aliphatic hydroxyl groups excluding tert-OH is 1. The first kappa shape index (κ1) is 10.2. The van der Waals surface area contributed by atoms with Gasteiger partial charge in [0.2, 0.25) is 6.79 Å². The first-order chi connectivity index (χ1) is 7.22. The number of benzene rings is 1. The molecule has 1 aromatic rings. The molecule has 0 radical (unpaired) electrons. The Morgan fingerprint density at radius 3 is 2.93 bits per heavy atom. The second-order valence-electron chi connectivity index (χ2n) is 3.50. The first-order valence-electron chi connectivity index (χ1n) is 4.89. The fourth-order valence-electron chi connectivity index (χ4n) is 1.64. The van der Waals surface area contributed by atoms with Crippen LogP contribution < -0.4 is 9.47 Å². The molecule has 1 heterocycles. The lowest BCUT2D eigenvalue weighted by Gasteiger charge is -2.08. The van der Waals surface area contributed by atoms with E-state index in [4.69, 9.17) is 14.6 Å². The first-order valence-corrected chi connectivity index (χ1v) is 4.89. The Hall–Kier alpha value is -1.29. The van der Waals surface area contributed by atoms with Crippen LogP contribution >= 0.6 is 0 Å². The van der Waals surface area contributed by atoms with Crippen molar-refractivity contribution in [1.82, 2.24) is 0 Å². The van der Waals surface area contributed by atoms with E-state index in [0.29, 0.717) is 23.5 Å². The summed E-state index contributed by atoms with van der Waals surface area (Å²) in [6.45, 7) is 1.65. The maximum atomic E-state index is 13.2. The Bertz CT molecular complexity index is 363. The molecule has 0 fully saturated rings. The molecule has 1 aromatic carbocycles. The molecule has 3 nitrogen and oxygen atoms in total. The minimum absolute atomic E-state index is 0.0138. The lowest BCUT2D eigenvalue weighted by Crippen LogP contribution is -1.97. The van der Waals surface area contributed by atoms with Crippen LogP contribution in [-0.2, 0) is 6.42 Å². The summed E-state index contributed by atoms with van der Waals surface area (Å²) in [6, 6.07) is 3.36. The Morgan fingerprint density at radius 2 is 2.27 bits per heavy atom. The van der Waals surface area contributed by atoms with Crippen molar-refractivity contribution in [2.24, 2.45) is 0 Å². The van der Waals surface area contributed by atoms with Crippen molar-refractivity contribution < 1.29 is 19.0 Å². The molecule has 0 saturated heterocycles. The second kappa shape index (κ2) is 4.06. The van der Waals surface area contributed by atoms with Gasteiger partial charge < -0.3 is 14.6 Å². The summed E-state index contributed by atoms with van der Waals surface area (Å²) in [6.07, 6.45) is -0.594. The zero-order valence-corrected chi connectivity index (χ0v) is 8.50. The van der Waals surface area contributed by atoms with Crippen LogP contribution in [0.5, 0.6) is 11.5 Å². The molecule has 0 amide bonds. The highest BCUT2D eigenvalue weighted by atomic mass is 19.1. The highest BCUT2D eigenvalue weighted by molar-refractivity contribution is 5.51. The standard InChI is InChI=1S/C11H13FO3/c1-7(12)9-4-8(2-3-13)11-10(5-9)14-6-15-11/h4-5,7,13H,2-3,6H2,1H3. The third kappa shape index (κ3) is 1.90. The summed E-state index contributed by atoms with van der Waals surface area (Å²) in [7, 11) is 0. The van der Waals surface area contributed by atoms with E-state index < -0.39 is 6.17 Å². The van der Waals surface area contributed by atoms with Crippen LogP contribution in [0.3, 0.4) is 0 Å². The number of alkyl halides is 1. The van der Waals surface area contributed by atoms with Crippen LogP contribution in [0, 0.1) is 0 Å². The maximum absolute atomic E-state index is 13.2. The minimum Gasteiger partial charge on any atom is -0.454 e. The second-order valence-corrected chi connectivity index (χ2v) is 3.50. The normalized spacial score (nSPS) is 15.4. The van der Waals surface area contributed by atoms with Crippen molar-refractivity contribution in [3.63, 3.8) is 0 Å². The van der Waals surface area contributed by atoms with E-state index in [2.05, 4.69) is 0 Å². The van der Waals surface area contributed by atoms with Gasteiger partial charge in [0.25, 0.3) is 0 Å². The van der Waals surface area contributed by atoms with Crippen molar-refractivity contribution in [2.45, 2.75) is 19.5 Å². The van der Waals surface area contributed by atoms with Gasteiger partial charge in [0.15, 0.2) is 11.5 Å². The van der Waals surface area contributed by atoms with Crippen LogP contribution in [-0.4, -0.2) is 18.5 Å². The van der Waals surface area contributed by atoms with Gasteiger partial charge in [0.05, 0.1) is 0 Å². The van der Waals surface area contributed by atoms with E-state index in [1.54, 1.807) is 12.1 Å². The lowest BCUT2D eigenvalue weighted by molar-refractivity contribution is 0.172. The van der Waals surface area contributed by atoms with E-state index in [1.807, 2.05) is 0 Å². The molecule has 0 spiro atoms. The van der Waals surface area contributed by atoms with Gasteiger partial charge in [0, 0.05) is 12.2 Å². The number of hydrogen-bond acceptors (Lipinski definition) is 3. The van der Waals surface area contributed by atoms with Gasteiger partial charge in [0.1, 0.15) is 6.17 Å². The molecule has 0 aromatic heterocycles. The van der Waals surface area contributed by atoms with Gasteiger partial charge in [-0.3, -0.25) is 0 Å². The van der Waals surface area contributed by atoms with E-state index >= 15 is 0 Å². The average molecular weight is 212 g/mol. The van der Waals surface area contributed by atoms with E-state index in [-0.39, 0.29) is 13.4 Å². The highest BCUT2D eigenvalue weighted by Crippen LogP contribution is 2.38. The van der Waals surface area contributed by atoms with Crippen LogP contribution in [0.25, 0.3) is 0 Å². The Morgan fingerprint density at radius 1 is 1.47 bits per heavy atom. The predicted octanol–water partition coefficient (Wildman–Crippen LogP) is 1.98. The van der Waals surface area contributed by atoms with Crippen molar-refractivity contribution in [1.29, 1.82) is 0 Å². The van der Waals surface area contributed by atoms with Crippen molar-refractivity contribution in [2.75, 3.05) is 13.4 Å². The number of ether oxygens (including phenoxy) is 2. The van der Waals surface area contributed by atoms with E-state index in [0.717, 1.165) is 5.56 Å². The Labute approximate surface area is 87.4 Å². The largest absolute Gasteiger partial charge is 0.454 e. The van der Waals surface area contributed by atoms with Gasteiger partial charge in [-0.05, 0) is 31.0 Å². The fraction of sp³-hybridized carbons (Fsp3) is 0.455. The van der Waals surface area contributed by atoms with Gasteiger partial charge in [-0.1, -0.05) is 0 Å². The summed E-state index contributed by atoms with van der Waals surface area (Å²) in [5.74, 6) is 1.20. The molecule has 1 atom stereocenters. The maximum Gasteiger partial charge on any atom is 0.231 e. The Balaban J connectivity index is 2.43. The molecular formula is C11H13FO3. The molecule has 2 rings (SSSR count).